The summed E-state index contributed by atoms with van der Waals surface area (Å²) in [5.41, 5.74) is 1.02. The zero-order valence-electron chi connectivity index (χ0n) is 9.70. The summed E-state index contributed by atoms with van der Waals surface area (Å²) in [5.74, 6) is -0.185. The molecule has 1 aliphatic heterocycles. The molecular formula is C12H14BrN3O2. The molecular weight excluding hydrogens is 298 g/mol. The monoisotopic (exact) mass is 311 g/mol. The quantitative estimate of drug-likeness (QED) is 0.744. The Morgan fingerprint density at radius 1 is 1.44 bits per heavy atom. The van der Waals surface area contributed by atoms with Crippen molar-refractivity contribution in [2.24, 2.45) is 0 Å². The van der Waals surface area contributed by atoms with Gasteiger partial charge in [-0.15, -0.1) is 0 Å². The molecule has 0 saturated carbocycles. The summed E-state index contributed by atoms with van der Waals surface area (Å²) in [4.78, 5) is 22.8. The smallest absolute Gasteiger partial charge is 0.239 e. The normalized spacial score (nSPS) is 19.2. The molecule has 1 aliphatic rings. The van der Waals surface area contributed by atoms with Gasteiger partial charge in [-0.05, 0) is 11.6 Å². The number of carbonyl (C=O) groups is 2. The lowest BCUT2D eigenvalue weighted by Crippen LogP contribution is -2.57. The van der Waals surface area contributed by atoms with E-state index in [4.69, 9.17) is 0 Å². The zero-order valence-corrected chi connectivity index (χ0v) is 11.3. The molecule has 2 rings (SSSR count). The van der Waals surface area contributed by atoms with E-state index in [0.717, 1.165) is 10.0 Å². The zero-order chi connectivity index (χ0) is 13.0. The fraction of sp³-hybridized carbons (Fsp3) is 0.333. The van der Waals surface area contributed by atoms with Crippen molar-refractivity contribution in [3.8, 4) is 0 Å². The average molecular weight is 312 g/mol. The van der Waals surface area contributed by atoms with Crippen molar-refractivity contribution in [3.63, 3.8) is 0 Å². The second kappa shape index (κ2) is 5.97. The molecule has 2 amide bonds. The topological polar surface area (TPSA) is 70.2 Å². The van der Waals surface area contributed by atoms with Crippen molar-refractivity contribution in [1.29, 1.82) is 0 Å². The Balaban J connectivity index is 1.85. The Kier molecular flexibility index (Phi) is 4.33. The highest BCUT2D eigenvalue weighted by molar-refractivity contribution is 9.10. The number of hydrogen-bond acceptors (Lipinski definition) is 3. The van der Waals surface area contributed by atoms with Crippen molar-refractivity contribution in [3.05, 3.63) is 34.3 Å². The summed E-state index contributed by atoms with van der Waals surface area (Å²) in [6.07, 6.45) is 0. The first-order chi connectivity index (χ1) is 8.66. The van der Waals surface area contributed by atoms with Gasteiger partial charge in [-0.3, -0.25) is 14.9 Å². The van der Waals surface area contributed by atoms with Gasteiger partial charge in [0.05, 0.1) is 6.54 Å². The van der Waals surface area contributed by atoms with Crippen LogP contribution < -0.4 is 16.0 Å². The number of piperazine rings is 1. The minimum atomic E-state index is -0.356. The molecule has 0 spiro atoms. The molecule has 18 heavy (non-hydrogen) atoms. The molecule has 96 valence electrons. The fourth-order valence-electron chi connectivity index (χ4n) is 1.70. The predicted molar refractivity (Wildman–Crippen MR) is 70.8 cm³/mol. The first-order valence-corrected chi connectivity index (χ1v) is 6.47. The Bertz CT molecular complexity index is 454. The van der Waals surface area contributed by atoms with E-state index >= 15 is 0 Å². The third-order valence-electron chi connectivity index (χ3n) is 2.74. The Labute approximate surface area is 113 Å². The number of carbonyl (C=O) groups excluding carboxylic acids is 2. The lowest BCUT2D eigenvalue weighted by molar-refractivity contribution is -0.126. The fourth-order valence-corrected chi connectivity index (χ4v) is 2.12. The van der Waals surface area contributed by atoms with Crippen LogP contribution in [0.25, 0.3) is 0 Å². The van der Waals surface area contributed by atoms with Gasteiger partial charge >= 0.3 is 0 Å². The molecule has 6 heteroatoms. The summed E-state index contributed by atoms with van der Waals surface area (Å²) >= 11 is 3.43. The summed E-state index contributed by atoms with van der Waals surface area (Å²) < 4.78 is 0.968. The molecule has 5 nitrogen and oxygen atoms in total. The van der Waals surface area contributed by atoms with Gasteiger partial charge in [0.25, 0.3) is 0 Å². The highest BCUT2D eigenvalue weighted by Crippen LogP contribution is 2.15. The molecule has 1 heterocycles. The van der Waals surface area contributed by atoms with E-state index < -0.39 is 0 Å². The molecule has 0 aliphatic carbocycles. The van der Waals surface area contributed by atoms with Gasteiger partial charge in [-0.2, -0.15) is 0 Å². The minimum Gasteiger partial charge on any atom is -0.353 e. The molecule has 1 aromatic rings. The van der Waals surface area contributed by atoms with Crippen LogP contribution >= 0.6 is 15.9 Å². The van der Waals surface area contributed by atoms with E-state index in [-0.39, 0.29) is 24.4 Å². The van der Waals surface area contributed by atoms with Gasteiger partial charge in [0.15, 0.2) is 0 Å². The van der Waals surface area contributed by atoms with Crippen molar-refractivity contribution in [2.75, 3.05) is 13.1 Å². The second-order valence-corrected chi connectivity index (χ2v) is 4.90. The summed E-state index contributed by atoms with van der Waals surface area (Å²) in [7, 11) is 0. The van der Waals surface area contributed by atoms with E-state index in [2.05, 4.69) is 31.9 Å². The number of halogens is 1. The van der Waals surface area contributed by atoms with Gasteiger partial charge in [-0.25, -0.2) is 0 Å². The molecule has 3 N–H and O–H groups in total. The van der Waals surface area contributed by atoms with Gasteiger partial charge in [0.2, 0.25) is 11.8 Å². The van der Waals surface area contributed by atoms with Gasteiger partial charge in [-0.1, -0.05) is 34.1 Å². The highest BCUT2D eigenvalue weighted by Gasteiger charge is 2.23. The maximum Gasteiger partial charge on any atom is 0.239 e. The van der Waals surface area contributed by atoms with E-state index in [9.17, 15) is 9.59 Å². The molecule has 0 radical (unpaired) electrons. The van der Waals surface area contributed by atoms with Gasteiger partial charge in [0, 0.05) is 17.6 Å². The third-order valence-corrected chi connectivity index (χ3v) is 3.51. The first-order valence-electron chi connectivity index (χ1n) is 5.68. The largest absolute Gasteiger partial charge is 0.353 e. The van der Waals surface area contributed by atoms with Crippen LogP contribution in [0.2, 0.25) is 0 Å². The van der Waals surface area contributed by atoms with Crippen molar-refractivity contribution < 1.29 is 9.59 Å². The van der Waals surface area contributed by atoms with Crippen LogP contribution in [0, 0.1) is 0 Å². The summed E-state index contributed by atoms with van der Waals surface area (Å²) in [6, 6.07) is 7.37. The number of hydrogen-bond donors (Lipinski definition) is 3. The summed E-state index contributed by atoms with van der Waals surface area (Å²) in [5, 5.41) is 8.38. The van der Waals surface area contributed by atoms with Crippen LogP contribution in [0.3, 0.4) is 0 Å². The molecule has 1 saturated heterocycles. The Morgan fingerprint density at radius 3 is 2.89 bits per heavy atom. The summed E-state index contributed by atoms with van der Waals surface area (Å²) in [6.45, 7) is 0.986. The van der Waals surface area contributed by atoms with Crippen LogP contribution in [-0.2, 0) is 16.1 Å². The van der Waals surface area contributed by atoms with Crippen LogP contribution in [-0.4, -0.2) is 30.9 Å². The number of rotatable bonds is 3. The van der Waals surface area contributed by atoms with Crippen molar-refractivity contribution >= 4 is 27.7 Å². The average Bonchev–Trinajstić information content (AvgIpc) is 2.38. The molecule has 1 unspecified atom stereocenters. The maximum absolute atomic E-state index is 11.8. The lowest BCUT2D eigenvalue weighted by atomic mass is 10.2. The second-order valence-electron chi connectivity index (χ2n) is 4.05. The molecule has 1 aromatic carbocycles. The molecule has 0 aromatic heterocycles. The number of benzene rings is 1. The molecule has 1 fully saturated rings. The Morgan fingerprint density at radius 2 is 2.22 bits per heavy atom. The van der Waals surface area contributed by atoms with E-state index in [1.54, 1.807) is 0 Å². The lowest BCUT2D eigenvalue weighted by Gasteiger charge is -2.23. The number of nitrogens with one attached hydrogen (secondary N) is 3. The van der Waals surface area contributed by atoms with E-state index in [0.29, 0.717) is 13.1 Å². The first kappa shape index (κ1) is 13.0. The van der Waals surface area contributed by atoms with Crippen molar-refractivity contribution in [2.45, 2.75) is 12.6 Å². The Hall–Kier alpha value is -1.40. The standard InChI is InChI=1S/C12H14BrN3O2/c13-9-4-2-1-3-8(9)5-16-12(18)10-6-15-11(17)7-14-10/h1-4,10,14H,5-7H2,(H,15,17)(H,16,18). The van der Waals surface area contributed by atoms with Gasteiger partial charge < -0.3 is 10.6 Å². The van der Waals surface area contributed by atoms with Crippen LogP contribution in [0.4, 0.5) is 0 Å². The molecule has 1 atom stereocenters. The SMILES string of the molecule is O=C1CNC(C(=O)NCc2ccccc2Br)CN1. The molecule has 0 bridgehead atoms. The van der Waals surface area contributed by atoms with E-state index in [1.807, 2.05) is 24.3 Å². The number of amides is 2. The van der Waals surface area contributed by atoms with E-state index in [1.165, 1.54) is 0 Å². The van der Waals surface area contributed by atoms with Gasteiger partial charge in [0.1, 0.15) is 6.04 Å². The highest BCUT2D eigenvalue weighted by atomic mass is 79.9. The third kappa shape index (κ3) is 3.30. The minimum absolute atomic E-state index is 0.0788. The predicted octanol–water partition coefficient (Wildman–Crippen LogP) is 0.153. The van der Waals surface area contributed by atoms with Crippen LogP contribution in [0.15, 0.2) is 28.7 Å². The maximum atomic E-state index is 11.8. The van der Waals surface area contributed by atoms with Crippen LogP contribution in [0.1, 0.15) is 5.56 Å². The van der Waals surface area contributed by atoms with Crippen LogP contribution in [0.5, 0.6) is 0 Å². The van der Waals surface area contributed by atoms with Crippen molar-refractivity contribution in [1.82, 2.24) is 16.0 Å².